The van der Waals surface area contributed by atoms with Crippen LogP contribution < -0.4 is 24.6 Å². The summed E-state index contributed by atoms with van der Waals surface area (Å²) in [6.45, 7) is 3.04. The number of carbonyl (C=O) groups excluding carboxylic acids is 1. The highest BCUT2D eigenvalue weighted by Crippen LogP contribution is 2.32. The molecule has 0 aliphatic carbocycles. The number of hydrogen-bond donors (Lipinski definition) is 1. The minimum absolute atomic E-state index is 0.148. The van der Waals surface area contributed by atoms with Gasteiger partial charge in [0.15, 0.2) is 17.3 Å². The van der Waals surface area contributed by atoms with Gasteiger partial charge in [-0.05, 0) is 17.7 Å². The Kier molecular flexibility index (Phi) is 5.16. The van der Waals surface area contributed by atoms with Gasteiger partial charge in [0.2, 0.25) is 18.6 Å². The maximum Gasteiger partial charge on any atom is 0.231 e. The monoisotopic (exact) mass is 385 g/mol. The quantitative estimate of drug-likeness (QED) is 0.824. The normalized spacial score (nSPS) is 15.4. The SMILES string of the molecule is CN(C)c1nc(N2CCOCC2)ncc1NC(=O)Cc1ccc2c(c1)OCO2. The van der Waals surface area contributed by atoms with E-state index < -0.39 is 0 Å². The molecule has 3 heterocycles. The molecule has 0 bridgehead atoms. The van der Waals surface area contributed by atoms with Gasteiger partial charge in [0.25, 0.3) is 0 Å². The second kappa shape index (κ2) is 7.89. The van der Waals surface area contributed by atoms with E-state index in [0.29, 0.717) is 42.2 Å². The maximum absolute atomic E-state index is 12.6. The van der Waals surface area contributed by atoms with Gasteiger partial charge in [-0.25, -0.2) is 4.98 Å². The first-order valence-electron chi connectivity index (χ1n) is 9.15. The van der Waals surface area contributed by atoms with Crippen molar-refractivity contribution >= 4 is 23.4 Å². The van der Waals surface area contributed by atoms with Gasteiger partial charge < -0.3 is 29.3 Å². The van der Waals surface area contributed by atoms with E-state index in [1.54, 1.807) is 6.20 Å². The second-order valence-corrected chi connectivity index (χ2v) is 6.81. The first-order valence-corrected chi connectivity index (χ1v) is 9.15. The number of rotatable bonds is 5. The van der Waals surface area contributed by atoms with Crippen molar-refractivity contribution in [2.24, 2.45) is 0 Å². The van der Waals surface area contributed by atoms with Crippen LogP contribution in [0.1, 0.15) is 5.56 Å². The highest BCUT2D eigenvalue weighted by atomic mass is 16.7. The van der Waals surface area contributed by atoms with Crippen LogP contribution in [0.5, 0.6) is 11.5 Å². The summed E-state index contributed by atoms with van der Waals surface area (Å²) in [4.78, 5) is 25.6. The van der Waals surface area contributed by atoms with E-state index in [-0.39, 0.29) is 19.1 Å². The minimum atomic E-state index is -0.148. The number of nitrogens with one attached hydrogen (secondary N) is 1. The zero-order valence-corrected chi connectivity index (χ0v) is 16.0. The van der Waals surface area contributed by atoms with Crippen LogP contribution in [0.15, 0.2) is 24.4 Å². The summed E-state index contributed by atoms with van der Waals surface area (Å²) in [5.74, 6) is 2.52. The standard InChI is InChI=1S/C19H23N5O4/c1-23(2)18-14(11-20-19(22-18)24-5-7-26-8-6-24)21-17(25)10-13-3-4-15-16(9-13)28-12-27-15/h3-4,9,11H,5-8,10,12H2,1-2H3,(H,21,25). The van der Waals surface area contributed by atoms with Crippen LogP contribution in [0, 0.1) is 0 Å². The maximum atomic E-state index is 12.6. The van der Waals surface area contributed by atoms with Crippen molar-refractivity contribution in [3.63, 3.8) is 0 Å². The fraction of sp³-hybridized carbons (Fsp3) is 0.421. The lowest BCUT2D eigenvalue weighted by Gasteiger charge is -2.28. The number of nitrogens with zero attached hydrogens (tertiary/aromatic N) is 4. The number of morpholine rings is 1. The Morgan fingerprint density at radius 1 is 1.21 bits per heavy atom. The van der Waals surface area contributed by atoms with Gasteiger partial charge in [0.1, 0.15) is 5.69 Å². The van der Waals surface area contributed by atoms with Crippen molar-refractivity contribution in [1.29, 1.82) is 0 Å². The Labute approximate surface area is 163 Å². The molecule has 2 aliphatic heterocycles. The van der Waals surface area contributed by atoms with Crippen molar-refractivity contribution in [2.75, 3.05) is 62.3 Å². The van der Waals surface area contributed by atoms with Crippen molar-refractivity contribution in [2.45, 2.75) is 6.42 Å². The molecule has 1 amide bonds. The molecular weight excluding hydrogens is 362 g/mol. The molecule has 0 radical (unpaired) electrons. The van der Waals surface area contributed by atoms with E-state index in [2.05, 4.69) is 20.2 Å². The van der Waals surface area contributed by atoms with E-state index in [1.165, 1.54) is 0 Å². The van der Waals surface area contributed by atoms with Crippen molar-refractivity contribution in [1.82, 2.24) is 9.97 Å². The topological polar surface area (TPSA) is 89.1 Å². The highest BCUT2D eigenvalue weighted by Gasteiger charge is 2.19. The summed E-state index contributed by atoms with van der Waals surface area (Å²) in [5, 5.41) is 2.92. The van der Waals surface area contributed by atoms with Crippen molar-refractivity contribution in [3.8, 4) is 11.5 Å². The molecule has 0 spiro atoms. The third-order valence-corrected chi connectivity index (χ3v) is 4.55. The van der Waals surface area contributed by atoms with Gasteiger partial charge in [-0.15, -0.1) is 0 Å². The average Bonchev–Trinajstić information content (AvgIpc) is 3.16. The molecular formula is C19H23N5O4. The molecule has 0 saturated carbocycles. The molecule has 4 rings (SSSR count). The molecule has 9 nitrogen and oxygen atoms in total. The Bertz CT molecular complexity index is 867. The Morgan fingerprint density at radius 3 is 2.79 bits per heavy atom. The van der Waals surface area contributed by atoms with Gasteiger partial charge in [-0.3, -0.25) is 4.79 Å². The number of fused-ring (bicyclic) bond motifs is 1. The molecule has 1 N–H and O–H groups in total. The summed E-state index contributed by atoms with van der Waals surface area (Å²) >= 11 is 0. The predicted molar refractivity (Wildman–Crippen MR) is 104 cm³/mol. The van der Waals surface area contributed by atoms with Gasteiger partial charge in [0, 0.05) is 27.2 Å². The summed E-state index contributed by atoms with van der Waals surface area (Å²) in [7, 11) is 3.78. The molecule has 148 valence electrons. The molecule has 1 aromatic carbocycles. The second-order valence-electron chi connectivity index (χ2n) is 6.81. The van der Waals surface area contributed by atoms with Crippen LogP contribution in [0.25, 0.3) is 0 Å². The van der Waals surface area contributed by atoms with E-state index in [0.717, 1.165) is 18.7 Å². The summed E-state index contributed by atoms with van der Waals surface area (Å²) in [6.07, 6.45) is 1.87. The number of hydrogen-bond acceptors (Lipinski definition) is 8. The average molecular weight is 385 g/mol. The third kappa shape index (κ3) is 3.94. The van der Waals surface area contributed by atoms with E-state index in [4.69, 9.17) is 14.2 Å². The lowest BCUT2D eigenvalue weighted by molar-refractivity contribution is -0.115. The Hall–Kier alpha value is -3.07. The van der Waals surface area contributed by atoms with Gasteiger partial charge >= 0.3 is 0 Å². The smallest absolute Gasteiger partial charge is 0.231 e. The third-order valence-electron chi connectivity index (χ3n) is 4.55. The fourth-order valence-corrected chi connectivity index (χ4v) is 3.14. The first-order chi connectivity index (χ1) is 13.6. The first kappa shape index (κ1) is 18.3. The van der Waals surface area contributed by atoms with Crippen LogP contribution >= 0.6 is 0 Å². The molecule has 2 aliphatic rings. The number of aromatic nitrogens is 2. The summed E-state index contributed by atoms with van der Waals surface area (Å²) in [6, 6.07) is 5.50. The van der Waals surface area contributed by atoms with Crippen LogP contribution in [-0.4, -0.2) is 63.1 Å². The van der Waals surface area contributed by atoms with Crippen LogP contribution in [0.3, 0.4) is 0 Å². The van der Waals surface area contributed by atoms with Gasteiger partial charge in [-0.1, -0.05) is 6.07 Å². The predicted octanol–water partition coefficient (Wildman–Crippen LogP) is 1.29. The Morgan fingerprint density at radius 2 is 2.00 bits per heavy atom. The zero-order valence-electron chi connectivity index (χ0n) is 16.0. The van der Waals surface area contributed by atoms with E-state index in [9.17, 15) is 4.79 Å². The van der Waals surface area contributed by atoms with Crippen molar-refractivity contribution in [3.05, 3.63) is 30.0 Å². The molecule has 0 unspecified atom stereocenters. The summed E-state index contributed by atoms with van der Waals surface area (Å²) in [5.41, 5.74) is 1.42. The van der Waals surface area contributed by atoms with Crippen LogP contribution in [0.4, 0.5) is 17.5 Å². The molecule has 9 heteroatoms. The van der Waals surface area contributed by atoms with Gasteiger partial charge in [-0.2, -0.15) is 4.98 Å². The molecule has 1 aromatic heterocycles. The molecule has 1 saturated heterocycles. The van der Waals surface area contributed by atoms with Crippen molar-refractivity contribution < 1.29 is 19.0 Å². The summed E-state index contributed by atoms with van der Waals surface area (Å²) < 4.78 is 16.0. The molecule has 1 fully saturated rings. The van der Waals surface area contributed by atoms with Crippen LogP contribution in [0.2, 0.25) is 0 Å². The number of amides is 1. The van der Waals surface area contributed by atoms with Gasteiger partial charge in [0.05, 0.1) is 25.8 Å². The van der Waals surface area contributed by atoms with E-state index >= 15 is 0 Å². The number of ether oxygens (including phenoxy) is 3. The zero-order chi connectivity index (χ0) is 19.5. The lowest BCUT2D eigenvalue weighted by atomic mass is 10.1. The fourth-order valence-electron chi connectivity index (χ4n) is 3.14. The molecule has 2 aromatic rings. The Balaban J connectivity index is 1.47. The number of carbonyl (C=O) groups is 1. The molecule has 0 atom stereocenters. The lowest BCUT2D eigenvalue weighted by Crippen LogP contribution is -2.37. The minimum Gasteiger partial charge on any atom is -0.454 e. The largest absolute Gasteiger partial charge is 0.454 e. The number of benzene rings is 1. The van der Waals surface area contributed by atoms with Crippen LogP contribution in [-0.2, 0) is 16.0 Å². The van der Waals surface area contributed by atoms with E-state index in [1.807, 2.05) is 37.2 Å². The highest BCUT2D eigenvalue weighted by molar-refractivity contribution is 5.95. The molecule has 28 heavy (non-hydrogen) atoms. The number of anilines is 3.